The van der Waals surface area contributed by atoms with Gasteiger partial charge in [-0.25, -0.2) is 4.39 Å². The van der Waals surface area contributed by atoms with E-state index >= 15 is 0 Å². The number of benzene rings is 1. The molecule has 1 aromatic carbocycles. The minimum atomic E-state index is -0.239. The molecule has 0 radical (unpaired) electrons. The number of aryl methyl sites for hydroxylation is 2. The Labute approximate surface area is 134 Å². The molecular weight excluding hydrogens is 310 g/mol. The molecular formula is C16H19Cl2FN2. The average molecular weight is 329 g/mol. The molecule has 1 aromatic heterocycles. The molecule has 2 aromatic rings. The van der Waals surface area contributed by atoms with Crippen LogP contribution >= 0.6 is 23.2 Å². The standard InChI is InChI=1S/C16H19Cl2FN2/c1-3-14-16(18)15(21(4-2)20-14)9-12(10-17)11-5-7-13(19)8-6-11/h5-8,12H,3-4,9-10H2,1-2H3. The highest BCUT2D eigenvalue weighted by Gasteiger charge is 2.19. The van der Waals surface area contributed by atoms with Crippen LogP contribution in [0.25, 0.3) is 0 Å². The van der Waals surface area contributed by atoms with Gasteiger partial charge in [0.05, 0.1) is 16.4 Å². The van der Waals surface area contributed by atoms with Gasteiger partial charge in [-0.3, -0.25) is 4.68 Å². The Kier molecular flexibility index (Phi) is 5.65. The molecule has 0 aliphatic heterocycles. The van der Waals surface area contributed by atoms with Crippen molar-refractivity contribution in [3.63, 3.8) is 0 Å². The van der Waals surface area contributed by atoms with Crippen LogP contribution in [0.4, 0.5) is 4.39 Å². The normalized spacial score (nSPS) is 12.6. The lowest BCUT2D eigenvalue weighted by molar-refractivity contribution is 0.592. The van der Waals surface area contributed by atoms with Crippen LogP contribution in [-0.4, -0.2) is 15.7 Å². The van der Waals surface area contributed by atoms with Crippen molar-refractivity contribution in [1.82, 2.24) is 9.78 Å². The minimum Gasteiger partial charge on any atom is -0.268 e. The van der Waals surface area contributed by atoms with Crippen molar-refractivity contribution in [2.45, 2.75) is 39.2 Å². The molecule has 1 atom stereocenters. The first kappa shape index (κ1) is 16.3. The number of alkyl halides is 1. The molecule has 0 aliphatic carbocycles. The number of nitrogens with zero attached hydrogens (tertiary/aromatic N) is 2. The third-order valence-corrected chi connectivity index (χ3v) is 4.47. The summed E-state index contributed by atoms with van der Waals surface area (Å²) in [6.45, 7) is 4.85. The summed E-state index contributed by atoms with van der Waals surface area (Å²) in [6.07, 6.45) is 1.51. The zero-order valence-corrected chi connectivity index (χ0v) is 13.8. The van der Waals surface area contributed by atoms with Gasteiger partial charge in [-0.15, -0.1) is 11.6 Å². The van der Waals surface area contributed by atoms with Gasteiger partial charge in [-0.05, 0) is 37.5 Å². The Bertz CT molecular complexity index is 593. The predicted octanol–water partition coefficient (Wildman–Crippen LogP) is 4.82. The Balaban J connectivity index is 2.30. The first-order valence-electron chi connectivity index (χ1n) is 7.16. The summed E-state index contributed by atoms with van der Waals surface area (Å²) in [5, 5.41) is 5.26. The zero-order valence-electron chi connectivity index (χ0n) is 12.2. The monoisotopic (exact) mass is 328 g/mol. The second kappa shape index (κ2) is 7.28. The van der Waals surface area contributed by atoms with Crippen molar-refractivity contribution in [2.24, 2.45) is 0 Å². The molecule has 0 spiro atoms. The molecule has 0 aliphatic rings. The van der Waals surface area contributed by atoms with Gasteiger partial charge in [0.1, 0.15) is 5.82 Å². The van der Waals surface area contributed by atoms with E-state index in [9.17, 15) is 4.39 Å². The SMILES string of the molecule is CCc1nn(CC)c(CC(CCl)c2ccc(F)cc2)c1Cl. The zero-order chi connectivity index (χ0) is 15.4. The van der Waals surface area contributed by atoms with E-state index < -0.39 is 0 Å². The van der Waals surface area contributed by atoms with Crippen LogP contribution in [0, 0.1) is 5.82 Å². The molecule has 0 bridgehead atoms. The third-order valence-electron chi connectivity index (χ3n) is 3.66. The van der Waals surface area contributed by atoms with Crippen LogP contribution in [0.2, 0.25) is 5.02 Å². The molecule has 0 fully saturated rings. The largest absolute Gasteiger partial charge is 0.268 e. The second-order valence-electron chi connectivity index (χ2n) is 4.98. The van der Waals surface area contributed by atoms with E-state index in [1.807, 2.05) is 18.5 Å². The number of aromatic nitrogens is 2. The second-order valence-corrected chi connectivity index (χ2v) is 5.67. The average Bonchev–Trinajstić information content (AvgIpc) is 2.81. The summed E-state index contributed by atoms with van der Waals surface area (Å²) in [6, 6.07) is 6.49. The topological polar surface area (TPSA) is 17.8 Å². The maximum atomic E-state index is 13.0. The van der Waals surface area contributed by atoms with E-state index in [4.69, 9.17) is 23.2 Å². The van der Waals surface area contributed by atoms with E-state index in [2.05, 4.69) is 5.10 Å². The number of hydrogen-bond donors (Lipinski definition) is 0. The minimum absolute atomic E-state index is 0.0940. The van der Waals surface area contributed by atoms with Crippen molar-refractivity contribution in [3.8, 4) is 0 Å². The lowest BCUT2D eigenvalue weighted by atomic mass is 9.95. The third kappa shape index (κ3) is 3.58. The van der Waals surface area contributed by atoms with Gasteiger partial charge in [0.2, 0.25) is 0 Å². The van der Waals surface area contributed by atoms with Crippen molar-refractivity contribution in [3.05, 3.63) is 52.1 Å². The molecule has 0 amide bonds. The maximum absolute atomic E-state index is 13.0. The summed E-state index contributed by atoms with van der Waals surface area (Å²) >= 11 is 12.5. The summed E-state index contributed by atoms with van der Waals surface area (Å²) in [5.41, 5.74) is 2.94. The number of halogens is 3. The van der Waals surface area contributed by atoms with Gasteiger partial charge in [0.15, 0.2) is 0 Å². The van der Waals surface area contributed by atoms with Crippen LogP contribution < -0.4 is 0 Å². The Morgan fingerprint density at radius 3 is 2.43 bits per heavy atom. The first-order chi connectivity index (χ1) is 10.1. The fraction of sp³-hybridized carbons (Fsp3) is 0.438. The summed E-state index contributed by atoms with van der Waals surface area (Å²) in [5.74, 6) is 0.312. The molecule has 5 heteroatoms. The van der Waals surface area contributed by atoms with Crippen LogP contribution in [0.1, 0.15) is 36.7 Å². The number of rotatable bonds is 6. The lowest BCUT2D eigenvalue weighted by Crippen LogP contribution is -2.10. The molecule has 2 rings (SSSR count). The molecule has 114 valence electrons. The Hall–Kier alpha value is -1.06. The van der Waals surface area contributed by atoms with Gasteiger partial charge in [0.25, 0.3) is 0 Å². The van der Waals surface area contributed by atoms with Gasteiger partial charge in [-0.2, -0.15) is 5.10 Å². The smallest absolute Gasteiger partial charge is 0.123 e. The molecule has 21 heavy (non-hydrogen) atoms. The molecule has 0 saturated heterocycles. The van der Waals surface area contributed by atoms with Gasteiger partial charge in [0, 0.05) is 18.3 Å². The predicted molar refractivity (Wildman–Crippen MR) is 85.9 cm³/mol. The van der Waals surface area contributed by atoms with Crippen molar-refractivity contribution in [1.29, 1.82) is 0 Å². The fourth-order valence-electron chi connectivity index (χ4n) is 2.44. The van der Waals surface area contributed by atoms with Gasteiger partial charge in [-0.1, -0.05) is 30.7 Å². The van der Waals surface area contributed by atoms with Crippen LogP contribution in [0.3, 0.4) is 0 Å². The summed E-state index contributed by atoms with van der Waals surface area (Å²) in [7, 11) is 0. The molecule has 1 unspecified atom stereocenters. The van der Waals surface area contributed by atoms with Crippen molar-refractivity contribution in [2.75, 3.05) is 5.88 Å². The van der Waals surface area contributed by atoms with E-state index in [1.165, 1.54) is 12.1 Å². The quantitative estimate of drug-likeness (QED) is 0.695. The van der Waals surface area contributed by atoms with E-state index in [1.54, 1.807) is 12.1 Å². The summed E-state index contributed by atoms with van der Waals surface area (Å²) in [4.78, 5) is 0. The highest BCUT2D eigenvalue weighted by atomic mass is 35.5. The lowest BCUT2D eigenvalue weighted by Gasteiger charge is -2.15. The Morgan fingerprint density at radius 2 is 1.90 bits per heavy atom. The van der Waals surface area contributed by atoms with Gasteiger partial charge >= 0.3 is 0 Å². The maximum Gasteiger partial charge on any atom is 0.123 e. The molecule has 2 nitrogen and oxygen atoms in total. The van der Waals surface area contributed by atoms with E-state index in [0.29, 0.717) is 12.3 Å². The first-order valence-corrected chi connectivity index (χ1v) is 8.07. The van der Waals surface area contributed by atoms with Crippen LogP contribution in [0.15, 0.2) is 24.3 Å². The Morgan fingerprint density at radius 1 is 1.24 bits per heavy atom. The summed E-state index contributed by atoms with van der Waals surface area (Å²) < 4.78 is 15.0. The highest BCUT2D eigenvalue weighted by molar-refractivity contribution is 6.31. The number of hydrogen-bond acceptors (Lipinski definition) is 1. The molecule has 1 heterocycles. The highest BCUT2D eigenvalue weighted by Crippen LogP contribution is 2.29. The van der Waals surface area contributed by atoms with Crippen LogP contribution in [0.5, 0.6) is 0 Å². The molecule has 0 N–H and O–H groups in total. The molecule has 0 saturated carbocycles. The van der Waals surface area contributed by atoms with Crippen molar-refractivity contribution >= 4 is 23.2 Å². The van der Waals surface area contributed by atoms with Gasteiger partial charge < -0.3 is 0 Å². The fourth-order valence-corrected chi connectivity index (χ4v) is 3.08. The van der Waals surface area contributed by atoms with E-state index in [-0.39, 0.29) is 11.7 Å². The van der Waals surface area contributed by atoms with Crippen molar-refractivity contribution < 1.29 is 4.39 Å². The van der Waals surface area contributed by atoms with Crippen LogP contribution in [-0.2, 0) is 19.4 Å². The van der Waals surface area contributed by atoms with E-state index in [0.717, 1.165) is 34.9 Å².